The number of nitrogens with one attached hydrogen (secondary N) is 1. The SMILES string of the molecule is O=C(NCCc1cn2ccsc2n1)c1cnc(CN2CCCC2)s1. The molecular formula is C16H19N5OS2. The predicted molar refractivity (Wildman–Crippen MR) is 95.7 cm³/mol. The summed E-state index contributed by atoms with van der Waals surface area (Å²) in [4.78, 5) is 25.2. The Morgan fingerprint density at radius 2 is 2.21 bits per heavy atom. The maximum atomic E-state index is 12.2. The van der Waals surface area contributed by atoms with Crippen molar-refractivity contribution in [3.63, 3.8) is 0 Å². The number of carbonyl (C=O) groups is 1. The van der Waals surface area contributed by atoms with Crippen LogP contribution >= 0.6 is 22.7 Å². The molecule has 4 rings (SSSR count). The molecule has 24 heavy (non-hydrogen) atoms. The van der Waals surface area contributed by atoms with Crippen molar-refractivity contribution in [2.75, 3.05) is 19.6 Å². The summed E-state index contributed by atoms with van der Waals surface area (Å²) in [7, 11) is 0. The molecule has 1 saturated heterocycles. The molecule has 0 radical (unpaired) electrons. The Morgan fingerprint density at radius 1 is 1.33 bits per heavy atom. The second-order valence-electron chi connectivity index (χ2n) is 5.93. The van der Waals surface area contributed by atoms with Crippen LogP contribution in [0.4, 0.5) is 0 Å². The van der Waals surface area contributed by atoms with Crippen LogP contribution in [-0.2, 0) is 13.0 Å². The molecule has 0 saturated carbocycles. The van der Waals surface area contributed by atoms with E-state index >= 15 is 0 Å². The first-order chi connectivity index (χ1) is 11.8. The second-order valence-corrected chi connectivity index (χ2v) is 7.92. The summed E-state index contributed by atoms with van der Waals surface area (Å²) in [6.45, 7) is 3.73. The van der Waals surface area contributed by atoms with Gasteiger partial charge in [-0.05, 0) is 25.9 Å². The molecule has 0 unspecified atom stereocenters. The van der Waals surface area contributed by atoms with Gasteiger partial charge in [-0.15, -0.1) is 22.7 Å². The first-order valence-corrected chi connectivity index (χ1v) is 9.84. The zero-order valence-corrected chi connectivity index (χ0v) is 14.9. The number of hydrogen-bond acceptors (Lipinski definition) is 6. The van der Waals surface area contributed by atoms with Gasteiger partial charge in [-0.1, -0.05) is 0 Å². The highest BCUT2D eigenvalue weighted by molar-refractivity contribution is 7.15. The largest absolute Gasteiger partial charge is 0.351 e. The van der Waals surface area contributed by atoms with Gasteiger partial charge < -0.3 is 5.32 Å². The van der Waals surface area contributed by atoms with Crippen LogP contribution in [0.25, 0.3) is 4.96 Å². The van der Waals surface area contributed by atoms with Crippen LogP contribution in [0.3, 0.4) is 0 Å². The van der Waals surface area contributed by atoms with Gasteiger partial charge in [0.15, 0.2) is 4.96 Å². The number of nitrogens with zero attached hydrogens (tertiary/aromatic N) is 4. The lowest BCUT2D eigenvalue weighted by atomic mass is 10.3. The van der Waals surface area contributed by atoms with Crippen LogP contribution in [-0.4, -0.2) is 44.8 Å². The molecule has 3 aromatic rings. The van der Waals surface area contributed by atoms with Crippen LogP contribution in [0.2, 0.25) is 0 Å². The fraction of sp³-hybridized carbons (Fsp3) is 0.438. The molecule has 1 N–H and O–H groups in total. The molecule has 0 spiro atoms. The lowest BCUT2D eigenvalue weighted by Gasteiger charge is -2.11. The molecule has 1 fully saturated rings. The van der Waals surface area contributed by atoms with Gasteiger partial charge in [0, 0.05) is 30.7 Å². The minimum atomic E-state index is -0.0406. The van der Waals surface area contributed by atoms with Crippen LogP contribution in [0.5, 0.6) is 0 Å². The first-order valence-electron chi connectivity index (χ1n) is 8.14. The van der Waals surface area contributed by atoms with Crippen LogP contribution < -0.4 is 5.32 Å². The van der Waals surface area contributed by atoms with Crippen molar-refractivity contribution in [2.24, 2.45) is 0 Å². The van der Waals surface area contributed by atoms with Gasteiger partial charge >= 0.3 is 0 Å². The summed E-state index contributed by atoms with van der Waals surface area (Å²) in [6.07, 6.45) is 8.97. The summed E-state index contributed by atoms with van der Waals surface area (Å²) in [5.74, 6) is -0.0406. The number of rotatable bonds is 6. The molecule has 3 aromatic heterocycles. The number of aromatic nitrogens is 3. The van der Waals surface area contributed by atoms with Crippen LogP contribution in [0, 0.1) is 0 Å². The van der Waals surface area contributed by atoms with Gasteiger partial charge in [-0.2, -0.15) is 0 Å². The summed E-state index contributed by atoms with van der Waals surface area (Å²) < 4.78 is 2.01. The minimum absolute atomic E-state index is 0.0406. The van der Waals surface area contributed by atoms with E-state index in [4.69, 9.17) is 0 Å². The van der Waals surface area contributed by atoms with E-state index in [2.05, 4.69) is 20.2 Å². The van der Waals surface area contributed by atoms with E-state index in [1.54, 1.807) is 17.5 Å². The van der Waals surface area contributed by atoms with Gasteiger partial charge in [0.05, 0.1) is 18.4 Å². The van der Waals surface area contributed by atoms with E-state index in [0.29, 0.717) is 11.4 Å². The number of hydrogen-bond donors (Lipinski definition) is 1. The van der Waals surface area contributed by atoms with Crippen LogP contribution in [0.1, 0.15) is 33.2 Å². The number of fused-ring (bicyclic) bond motifs is 1. The Bertz CT molecular complexity index is 802. The smallest absolute Gasteiger partial charge is 0.263 e. The Hall–Kier alpha value is -1.77. The molecule has 126 valence electrons. The molecule has 0 bridgehead atoms. The summed E-state index contributed by atoms with van der Waals surface area (Å²) >= 11 is 3.11. The van der Waals surface area contributed by atoms with E-state index in [-0.39, 0.29) is 5.91 Å². The van der Waals surface area contributed by atoms with Crippen molar-refractivity contribution < 1.29 is 4.79 Å². The highest BCUT2D eigenvalue weighted by Crippen LogP contribution is 2.18. The Labute approximate surface area is 148 Å². The molecular weight excluding hydrogens is 342 g/mol. The molecule has 1 amide bonds. The lowest BCUT2D eigenvalue weighted by Crippen LogP contribution is -2.25. The molecule has 1 aliphatic rings. The molecule has 1 aliphatic heterocycles. The van der Waals surface area contributed by atoms with E-state index in [0.717, 1.165) is 41.7 Å². The molecule has 0 aliphatic carbocycles. The maximum Gasteiger partial charge on any atom is 0.263 e. The Morgan fingerprint density at radius 3 is 3.04 bits per heavy atom. The van der Waals surface area contributed by atoms with Gasteiger partial charge in [0.2, 0.25) is 0 Å². The van der Waals surface area contributed by atoms with Crippen molar-refractivity contribution in [1.29, 1.82) is 0 Å². The highest BCUT2D eigenvalue weighted by Gasteiger charge is 2.15. The van der Waals surface area contributed by atoms with E-state index in [9.17, 15) is 4.79 Å². The third-order valence-electron chi connectivity index (χ3n) is 4.14. The van der Waals surface area contributed by atoms with Crippen LogP contribution in [0.15, 0.2) is 24.0 Å². The van der Waals surface area contributed by atoms with Crippen molar-refractivity contribution in [3.05, 3.63) is 39.5 Å². The number of amides is 1. The number of imidazole rings is 1. The number of likely N-dealkylation sites (tertiary alicyclic amines) is 1. The molecule has 6 nitrogen and oxygen atoms in total. The second kappa shape index (κ2) is 7.00. The Kier molecular flexibility index (Phi) is 4.59. The standard InChI is InChI=1S/C16H19N5OS2/c22-15(13-9-18-14(24-13)11-20-5-1-2-6-20)17-4-3-12-10-21-7-8-23-16(21)19-12/h7-10H,1-6,11H2,(H,17,22). The normalized spacial score (nSPS) is 15.3. The molecule has 0 atom stereocenters. The lowest BCUT2D eigenvalue weighted by molar-refractivity contribution is 0.0958. The molecule has 0 aromatic carbocycles. The minimum Gasteiger partial charge on any atom is -0.351 e. The van der Waals surface area contributed by atoms with Crippen molar-refractivity contribution in [2.45, 2.75) is 25.8 Å². The summed E-state index contributed by atoms with van der Waals surface area (Å²) in [6, 6.07) is 0. The van der Waals surface area contributed by atoms with Crippen molar-refractivity contribution >= 4 is 33.5 Å². The average molecular weight is 361 g/mol. The fourth-order valence-electron chi connectivity index (χ4n) is 2.91. The van der Waals surface area contributed by atoms with E-state index < -0.39 is 0 Å². The average Bonchev–Trinajstić information content (AvgIpc) is 3.31. The first kappa shape index (κ1) is 15.7. The zero-order valence-electron chi connectivity index (χ0n) is 13.3. The fourth-order valence-corrected chi connectivity index (χ4v) is 4.50. The van der Waals surface area contributed by atoms with Crippen molar-refractivity contribution in [3.8, 4) is 0 Å². The zero-order chi connectivity index (χ0) is 16.4. The van der Waals surface area contributed by atoms with Gasteiger partial charge in [-0.25, -0.2) is 9.97 Å². The van der Waals surface area contributed by atoms with Crippen molar-refractivity contribution in [1.82, 2.24) is 24.6 Å². The molecule has 4 heterocycles. The monoisotopic (exact) mass is 361 g/mol. The molecule has 8 heteroatoms. The number of carbonyl (C=O) groups excluding carboxylic acids is 1. The van der Waals surface area contributed by atoms with Gasteiger partial charge in [0.1, 0.15) is 9.88 Å². The third-order valence-corrected chi connectivity index (χ3v) is 5.90. The maximum absolute atomic E-state index is 12.2. The van der Waals surface area contributed by atoms with E-state index in [1.165, 1.54) is 24.2 Å². The summed E-state index contributed by atoms with van der Waals surface area (Å²) in [5, 5.41) is 6.00. The quantitative estimate of drug-likeness (QED) is 0.732. The van der Waals surface area contributed by atoms with Gasteiger partial charge in [-0.3, -0.25) is 14.1 Å². The van der Waals surface area contributed by atoms with Gasteiger partial charge in [0.25, 0.3) is 5.91 Å². The third kappa shape index (κ3) is 3.50. The Balaban J connectivity index is 1.28. The van der Waals surface area contributed by atoms with E-state index in [1.807, 2.05) is 22.2 Å². The number of thiazole rings is 2. The topological polar surface area (TPSA) is 62.5 Å². The predicted octanol–water partition coefficient (Wildman–Crippen LogP) is 2.42. The summed E-state index contributed by atoms with van der Waals surface area (Å²) in [5.41, 5.74) is 1.00. The highest BCUT2D eigenvalue weighted by atomic mass is 32.1.